The first kappa shape index (κ1) is 21.9. The number of rotatable bonds is 8. The Bertz CT molecular complexity index is 1110. The zero-order chi connectivity index (χ0) is 22.4. The molecule has 3 rings (SSSR count). The Morgan fingerprint density at radius 3 is 2.58 bits per heavy atom. The summed E-state index contributed by atoms with van der Waals surface area (Å²) in [7, 11) is 3.59. The van der Waals surface area contributed by atoms with Crippen molar-refractivity contribution in [1.82, 2.24) is 15.0 Å². The molecule has 0 saturated heterocycles. The minimum absolute atomic E-state index is 0.151. The summed E-state index contributed by atoms with van der Waals surface area (Å²) in [4.78, 5) is 25.0. The molecule has 0 fully saturated rings. The van der Waals surface area contributed by atoms with Crippen molar-refractivity contribution < 1.29 is 10.0 Å². The van der Waals surface area contributed by atoms with Gasteiger partial charge in [0.15, 0.2) is 0 Å². The van der Waals surface area contributed by atoms with Crippen molar-refractivity contribution in [2.24, 2.45) is 5.10 Å². The van der Waals surface area contributed by atoms with Crippen LogP contribution in [0, 0.1) is 10.1 Å². The first-order chi connectivity index (χ1) is 14.8. The molecule has 31 heavy (non-hydrogen) atoms. The largest absolute Gasteiger partial charge is 0.502 e. The van der Waals surface area contributed by atoms with Gasteiger partial charge in [-0.1, -0.05) is 46.3 Å². The molecule has 0 amide bonds. The minimum Gasteiger partial charge on any atom is -0.502 e. The van der Waals surface area contributed by atoms with Crippen molar-refractivity contribution in [2.45, 2.75) is 6.54 Å². The molecule has 0 aliphatic heterocycles. The van der Waals surface area contributed by atoms with Crippen LogP contribution in [-0.2, 0) is 6.54 Å². The van der Waals surface area contributed by atoms with Gasteiger partial charge in [0, 0.05) is 36.7 Å². The molecule has 3 N–H and O–H groups in total. The highest BCUT2D eigenvalue weighted by molar-refractivity contribution is 9.10. The normalized spacial score (nSPS) is 10.8. The lowest BCUT2D eigenvalue weighted by Crippen LogP contribution is -2.16. The topological polar surface area (TPSA) is 142 Å². The highest BCUT2D eigenvalue weighted by atomic mass is 79.9. The van der Waals surface area contributed by atoms with Gasteiger partial charge in [0.05, 0.1) is 11.1 Å². The zero-order valence-corrected chi connectivity index (χ0v) is 18.2. The summed E-state index contributed by atoms with van der Waals surface area (Å²) < 4.78 is 0.431. The van der Waals surface area contributed by atoms with E-state index in [1.807, 2.05) is 30.3 Å². The smallest absolute Gasteiger partial charge is 0.312 e. The van der Waals surface area contributed by atoms with Gasteiger partial charge in [0.2, 0.25) is 23.6 Å². The van der Waals surface area contributed by atoms with Gasteiger partial charge in [-0.2, -0.15) is 20.1 Å². The summed E-state index contributed by atoms with van der Waals surface area (Å²) in [5, 5.41) is 28.3. The van der Waals surface area contributed by atoms with Gasteiger partial charge in [-0.25, -0.2) is 5.43 Å². The van der Waals surface area contributed by atoms with Crippen LogP contribution in [0.25, 0.3) is 0 Å². The fourth-order valence-electron chi connectivity index (χ4n) is 2.47. The number of hydrazone groups is 1. The Morgan fingerprint density at radius 2 is 1.90 bits per heavy atom. The fourth-order valence-corrected chi connectivity index (χ4v) is 2.94. The number of hydrogen-bond donors (Lipinski definition) is 3. The Labute approximate surface area is 186 Å². The predicted molar refractivity (Wildman–Crippen MR) is 122 cm³/mol. The lowest BCUT2D eigenvalue weighted by molar-refractivity contribution is -0.385. The maximum atomic E-state index is 11.1. The average Bonchev–Trinajstić information content (AvgIpc) is 2.75. The molecule has 0 aliphatic carbocycles. The maximum absolute atomic E-state index is 11.1. The Hall–Kier alpha value is -3.80. The molecule has 1 heterocycles. The second kappa shape index (κ2) is 9.80. The van der Waals surface area contributed by atoms with Crippen LogP contribution in [0.15, 0.2) is 52.0 Å². The summed E-state index contributed by atoms with van der Waals surface area (Å²) in [5.41, 5.74) is 3.45. The van der Waals surface area contributed by atoms with Crippen LogP contribution in [0.4, 0.5) is 23.5 Å². The van der Waals surface area contributed by atoms with Crippen molar-refractivity contribution in [3.05, 3.63) is 68.2 Å². The van der Waals surface area contributed by atoms with E-state index in [9.17, 15) is 15.2 Å². The third kappa shape index (κ3) is 5.85. The number of phenolic OH excluding ortho intramolecular Hbond substituents is 1. The number of anilines is 3. The zero-order valence-electron chi connectivity index (χ0n) is 16.7. The predicted octanol–water partition coefficient (Wildman–Crippen LogP) is 3.37. The molecule has 0 saturated carbocycles. The maximum Gasteiger partial charge on any atom is 0.312 e. The van der Waals surface area contributed by atoms with Crippen molar-refractivity contribution in [3.63, 3.8) is 0 Å². The van der Waals surface area contributed by atoms with Gasteiger partial charge < -0.3 is 15.3 Å². The van der Waals surface area contributed by atoms with E-state index in [1.165, 1.54) is 18.3 Å². The van der Waals surface area contributed by atoms with Crippen LogP contribution >= 0.6 is 15.9 Å². The standard InChI is InChI=1S/C19H19BrN8O3/c1-27(2)19-24-17(21-10-12-6-4-3-5-7-12)23-18(25-19)26-22-11-13-8-14(20)9-15(16(13)29)28(30)31/h3-9,11,29H,10H2,1-2H3,(H2,21,23,24,25,26)/b22-11+. The van der Waals surface area contributed by atoms with Gasteiger partial charge in [-0.3, -0.25) is 10.1 Å². The molecule has 1 aromatic heterocycles. The lowest BCUT2D eigenvalue weighted by atomic mass is 10.2. The summed E-state index contributed by atoms with van der Waals surface area (Å²) in [5.74, 6) is 0.425. The molecule has 0 spiro atoms. The number of aromatic nitrogens is 3. The summed E-state index contributed by atoms with van der Waals surface area (Å²) in [6.07, 6.45) is 1.24. The monoisotopic (exact) mass is 486 g/mol. The molecule has 3 aromatic rings. The highest BCUT2D eigenvalue weighted by Crippen LogP contribution is 2.32. The second-order valence-electron chi connectivity index (χ2n) is 6.51. The Morgan fingerprint density at radius 1 is 1.19 bits per heavy atom. The van der Waals surface area contributed by atoms with Crippen molar-refractivity contribution >= 4 is 45.7 Å². The van der Waals surface area contributed by atoms with Crippen LogP contribution in [-0.4, -0.2) is 45.3 Å². The molecular weight excluding hydrogens is 468 g/mol. The summed E-state index contributed by atoms with van der Waals surface area (Å²) >= 11 is 3.18. The van der Waals surface area contributed by atoms with Crippen LogP contribution in [0.5, 0.6) is 5.75 Å². The van der Waals surface area contributed by atoms with E-state index in [1.54, 1.807) is 19.0 Å². The molecule has 11 nitrogen and oxygen atoms in total. The van der Waals surface area contributed by atoms with Gasteiger partial charge in [0.25, 0.3) is 0 Å². The van der Waals surface area contributed by atoms with Crippen molar-refractivity contribution in [1.29, 1.82) is 0 Å². The molecule has 160 valence electrons. The van der Waals surface area contributed by atoms with Gasteiger partial charge in [-0.05, 0) is 11.6 Å². The number of nitrogens with zero attached hydrogens (tertiary/aromatic N) is 6. The number of halogens is 1. The molecule has 0 unspecified atom stereocenters. The number of phenols is 1. The first-order valence-corrected chi connectivity index (χ1v) is 9.80. The number of nitro benzene ring substituents is 1. The van der Waals surface area contributed by atoms with E-state index in [0.29, 0.717) is 22.9 Å². The minimum atomic E-state index is -0.676. The van der Waals surface area contributed by atoms with Crippen molar-refractivity contribution in [3.8, 4) is 5.75 Å². The van der Waals surface area contributed by atoms with Crippen molar-refractivity contribution in [2.75, 3.05) is 29.7 Å². The van der Waals surface area contributed by atoms with E-state index in [4.69, 9.17) is 0 Å². The van der Waals surface area contributed by atoms with Crippen LogP contribution in [0.2, 0.25) is 0 Å². The van der Waals surface area contributed by atoms with Crippen LogP contribution in [0.1, 0.15) is 11.1 Å². The number of hydrogen-bond acceptors (Lipinski definition) is 10. The quantitative estimate of drug-likeness (QED) is 0.248. The highest BCUT2D eigenvalue weighted by Gasteiger charge is 2.17. The third-order valence-electron chi connectivity index (χ3n) is 3.97. The molecule has 12 heteroatoms. The second-order valence-corrected chi connectivity index (χ2v) is 7.42. The van der Waals surface area contributed by atoms with E-state index in [0.717, 1.165) is 5.56 Å². The van der Waals surface area contributed by atoms with E-state index in [-0.39, 0.29) is 11.5 Å². The van der Waals surface area contributed by atoms with Gasteiger partial charge >= 0.3 is 5.69 Å². The molecule has 0 radical (unpaired) electrons. The third-order valence-corrected chi connectivity index (χ3v) is 4.42. The molecular formula is C19H19BrN8O3. The summed E-state index contributed by atoms with van der Waals surface area (Å²) in [6, 6.07) is 12.5. The molecule has 0 atom stereocenters. The SMILES string of the molecule is CN(C)c1nc(NCc2ccccc2)nc(N/N=C/c2cc(Br)cc([N+](=O)[O-])c2O)n1. The van der Waals surface area contributed by atoms with Crippen LogP contribution < -0.4 is 15.6 Å². The molecule has 0 aliphatic rings. The van der Waals surface area contributed by atoms with E-state index >= 15 is 0 Å². The number of benzene rings is 2. The van der Waals surface area contributed by atoms with E-state index in [2.05, 4.69) is 46.7 Å². The van der Waals surface area contributed by atoms with Crippen LogP contribution in [0.3, 0.4) is 0 Å². The average molecular weight is 487 g/mol. The Balaban J connectivity index is 1.79. The van der Waals surface area contributed by atoms with Gasteiger partial charge in [-0.15, -0.1) is 0 Å². The number of nitro groups is 1. The number of nitrogens with one attached hydrogen (secondary N) is 2. The number of aromatic hydroxyl groups is 1. The molecule has 2 aromatic carbocycles. The summed E-state index contributed by atoms with van der Waals surface area (Å²) in [6.45, 7) is 0.524. The lowest BCUT2D eigenvalue weighted by Gasteiger charge is -2.13. The Kier molecular flexibility index (Phi) is 6.92. The van der Waals surface area contributed by atoms with Gasteiger partial charge in [0.1, 0.15) is 0 Å². The fraction of sp³-hybridized carbons (Fsp3) is 0.158. The first-order valence-electron chi connectivity index (χ1n) is 9.00. The molecule has 0 bridgehead atoms. The van der Waals surface area contributed by atoms with E-state index < -0.39 is 16.4 Å².